The monoisotopic (exact) mass is 300 g/mol. The number of rotatable bonds is 3. The average Bonchev–Trinajstić information content (AvgIpc) is 2.39. The number of sulfonamides is 1. The van der Waals surface area contributed by atoms with Crippen LogP contribution in [0.1, 0.15) is 0 Å². The van der Waals surface area contributed by atoms with Crippen LogP contribution in [0.25, 0.3) is 0 Å². The second-order valence-electron chi connectivity index (χ2n) is 3.74. The molecule has 0 unspecified atom stereocenters. The Labute approximate surface area is 115 Å². The molecule has 1 aromatic heterocycles. The molecular formula is C12H10ClFN2O2S. The van der Waals surface area contributed by atoms with Crippen molar-refractivity contribution in [1.82, 2.24) is 4.98 Å². The Hall–Kier alpha value is -1.66. The molecule has 0 spiro atoms. The van der Waals surface area contributed by atoms with Gasteiger partial charge in [-0.15, -0.1) is 0 Å². The van der Waals surface area contributed by atoms with Crippen molar-refractivity contribution in [2.45, 2.75) is 4.90 Å². The van der Waals surface area contributed by atoms with E-state index in [1.807, 2.05) is 0 Å². The zero-order valence-corrected chi connectivity index (χ0v) is 11.5. The third kappa shape index (κ3) is 2.69. The standard InChI is InChI=1S/C12H10ClFN2O2S/c1-16(10-6-4-9(14)5-7-10)19(17,18)11-3-2-8-15-12(11)13/h2-8H,1H3. The Kier molecular flexibility index (Phi) is 3.73. The fourth-order valence-electron chi connectivity index (χ4n) is 1.50. The van der Waals surface area contributed by atoms with Crippen molar-refractivity contribution < 1.29 is 12.8 Å². The first-order valence-electron chi connectivity index (χ1n) is 5.28. The highest BCUT2D eigenvalue weighted by atomic mass is 35.5. The number of hydrogen-bond donors (Lipinski definition) is 0. The first-order valence-corrected chi connectivity index (χ1v) is 7.10. The summed E-state index contributed by atoms with van der Waals surface area (Å²) in [5.41, 5.74) is 0.335. The van der Waals surface area contributed by atoms with Crippen LogP contribution in [0, 0.1) is 5.82 Å². The van der Waals surface area contributed by atoms with E-state index in [1.54, 1.807) is 0 Å². The van der Waals surface area contributed by atoms with Gasteiger partial charge in [0.05, 0.1) is 5.69 Å². The van der Waals surface area contributed by atoms with Crippen LogP contribution >= 0.6 is 11.6 Å². The first kappa shape index (κ1) is 13.8. The maximum atomic E-state index is 12.8. The molecule has 0 N–H and O–H groups in total. The number of anilines is 1. The Morgan fingerprint density at radius 1 is 1.21 bits per heavy atom. The highest BCUT2D eigenvalue weighted by molar-refractivity contribution is 7.92. The Balaban J connectivity index is 2.45. The molecule has 0 fully saturated rings. The molecule has 0 amide bonds. The number of aromatic nitrogens is 1. The minimum absolute atomic E-state index is 0.0940. The molecule has 1 heterocycles. The fraction of sp³-hybridized carbons (Fsp3) is 0.0833. The van der Waals surface area contributed by atoms with Gasteiger partial charge in [-0.3, -0.25) is 4.31 Å². The van der Waals surface area contributed by atoms with Gasteiger partial charge in [0.1, 0.15) is 15.9 Å². The predicted octanol–water partition coefficient (Wildman–Crippen LogP) is 2.70. The molecule has 1 aromatic carbocycles. The van der Waals surface area contributed by atoms with Crippen LogP contribution in [-0.2, 0) is 10.0 Å². The van der Waals surface area contributed by atoms with Crippen LogP contribution in [0.15, 0.2) is 47.5 Å². The summed E-state index contributed by atoms with van der Waals surface area (Å²) in [6, 6.07) is 7.97. The quantitative estimate of drug-likeness (QED) is 0.819. The molecule has 100 valence electrons. The second kappa shape index (κ2) is 5.14. The topological polar surface area (TPSA) is 50.3 Å². The highest BCUT2D eigenvalue weighted by Gasteiger charge is 2.24. The average molecular weight is 301 g/mol. The van der Waals surface area contributed by atoms with Gasteiger partial charge in [0.15, 0.2) is 0 Å². The van der Waals surface area contributed by atoms with Crippen LogP contribution in [0.5, 0.6) is 0 Å². The van der Waals surface area contributed by atoms with Gasteiger partial charge in [0.2, 0.25) is 0 Å². The first-order chi connectivity index (χ1) is 8.93. The molecule has 0 saturated heterocycles. The van der Waals surface area contributed by atoms with E-state index in [-0.39, 0.29) is 10.0 Å². The minimum atomic E-state index is -3.82. The number of hydrogen-bond acceptors (Lipinski definition) is 3. The van der Waals surface area contributed by atoms with Gasteiger partial charge in [-0.2, -0.15) is 0 Å². The molecule has 0 aliphatic rings. The van der Waals surface area contributed by atoms with Crippen LogP contribution in [0.3, 0.4) is 0 Å². The smallest absolute Gasteiger partial charge is 0.267 e. The van der Waals surface area contributed by atoms with Crippen LogP contribution in [0.4, 0.5) is 10.1 Å². The molecule has 0 aliphatic carbocycles. The van der Waals surface area contributed by atoms with Crippen molar-refractivity contribution in [2.75, 3.05) is 11.4 Å². The lowest BCUT2D eigenvalue weighted by Crippen LogP contribution is -2.26. The molecule has 2 aromatic rings. The summed E-state index contributed by atoms with van der Waals surface area (Å²) < 4.78 is 38.5. The summed E-state index contributed by atoms with van der Waals surface area (Å²) in [5, 5.41) is -0.100. The number of halogens is 2. The van der Waals surface area contributed by atoms with Crippen molar-refractivity contribution in [3.63, 3.8) is 0 Å². The molecule has 7 heteroatoms. The van der Waals surface area contributed by atoms with Crippen LogP contribution in [-0.4, -0.2) is 20.4 Å². The SMILES string of the molecule is CN(c1ccc(F)cc1)S(=O)(=O)c1cccnc1Cl. The van der Waals surface area contributed by atoms with E-state index in [2.05, 4.69) is 4.98 Å². The summed E-state index contributed by atoms with van der Waals surface area (Å²) in [5.74, 6) is -0.436. The van der Waals surface area contributed by atoms with Crippen molar-refractivity contribution in [1.29, 1.82) is 0 Å². The van der Waals surface area contributed by atoms with Crippen LogP contribution < -0.4 is 4.31 Å². The molecule has 0 bridgehead atoms. The molecule has 0 atom stereocenters. The molecule has 0 saturated carbocycles. The normalized spacial score (nSPS) is 11.3. The summed E-state index contributed by atoms with van der Waals surface area (Å²) in [6.45, 7) is 0. The zero-order valence-electron chi connectivity index (χ0n) is 9.92. The number of nitrogens with zero attached hydrogens (tertiary/aromatic N) is 2. The summed E-state index contributed by atoms with van der Waals surface area (Å²) in [4.78, 5) is 3.64. The van der Waals surface area contributed by atoms with Gasteiger partial charge < -0.3 is 0 Å². The molecule has 4 nitrogen and oxygen atoms in total. The summed E-state index contributed by atoms with van der Waals surface area (Å²) >= 11 is 5.79. The summed E-state index contributed by atoms with van der Waals surface area (Å²) in [6.07, 6.45) is 1.40. The Morgan fingerprint density at radius 2 is 1.84 bits per heavy atom. The lowest BCUT2D eigenvalue weighted by atomic mass is 10.3. The zero-order chi connectivity index (χ0) is 14.0. The fourth-order valence-corrected chi connectivity index (χ4v) is 3.12. The predicted molar refractivity (Wildman–Crippen MR) is 71.2 cm³/mol. The van der Waals surface area contributed by atoms with E-state index >= 15 is 0 Å². The lowest BCUT2D eigenvalue weighted by molar-refractivity contribution is 0.593. The maximum absolute atomic E-state index is 12.8. The van der Waals surface area contributed by atoms with Gasteiger partial charge in [-0.25, -0.2) is 17.8 Å². The maximum Gasteiger partial charge on any atom is 0.267 e. The van der Waals surface area contributed by atoms with E-state index < -0.39 is 15.8 Å². The Bertz CT molecular complexity index is 689. The van der Waals surface area contributed by atoms with Crippen molar-refractivity contribution in [3.8, 4) is 0 Å². The van der Waals surface area contributed by atoms with Gasteiger partial charge in [-0.1, -0.05) is 11.6 Å². The van der Waals surface area contributed by atoms with Crippen LogP contribution in [0.2, 0.25) is 5.15 Å². The van der Waals surface area contributed by atoms with E-state index in [0.717, 1.165) is 4.31 Å². The van der Waals surface area contributed by atoms with Crippen molar-refractivity contribution in [3.05, 3.63) is 53.6 Å². The minimum Gasteiger partial charge on any atom is -0.269 e. The largest absolute Gasteiger partial charge is 0.269 e. The number of benzene rings is 1. The van der Waals surface area contributed by atoms with Gasteiger partial charge >= 0.3 is 0 Å². The molecular weight excluding hydrogens is 291 g/mol. The third-order valence-corrected chi connectivity index (χ3v) is 4.78. The molecule has 0 radical (unpaired) electrons. The molecule has 0 aliphatic heterocycles. The van der Waals surface area contributed by atoms with Gasteiger partial charge in [0, 0.05) is 13.2 Å². The van der Waals surface area contributed by atoms with Gasteiger partial charge in [-0.05, 0) is 36.4 Å². The van der Waals surface area contributed by atoms with E-state index in [4.69, 9.17) is 11.6 Å². The van der Waals surface area contributed by atoms with Crippen molar-refractivity contribution in [2.24, 2.45) is 0 Å². The third-order valence-electron chi connectivity index (χ3n) is 2.55. The Morgan fingerprint density at radius 3 is 2.42 bits per heavy atom. The van der Waals surface area contributed by atoms with E-state index in [0.29, 0.717) is 5.69 Å². The second-order valence-corrected chi connectivity index (χ2v) is 6.04. The number of pyridine rings is 1. The molecule has 19 heavy (non-hydrogen) atoms. The van der Waals surface area contributed by atoms with E-state index in [1.165, 1.54) is 49.6 Å². The van der Waals surface area contributed by atoms with E-state index in [9.17, 15) is 12.8 Å². The summed E-state index contributed by atoms with van der Waals surface area (Å²) in [7, 11) is -2.45. The molecule has 2 rings (SSSR count). The van der Waals surface area contributed by atoms with Gasteiger partial charge in [0.25, 0.3) is 10.0 Å². The lowest BCUT2D eigenvalue weighted by Gasteiger charge is -2.19. The van der Waals surface area contributed by atoms with Crippen molar-refractivity contribution >= 4 is 27.3 Å². The highest BCUT2D eigenvalue weighted by Crippen LogP contribution is 2.25.